The van der Waals surface area contributed by atoms with Crippen LogP contribution in [0.2, 0.25) is 0 Å². The van der Waals surface area contributed by atoms with Gasteiger partial charge in [0.05, 0.1) is 11.9 Å². The van der Waals surface area contributed by atoms with Gasteiger partial charge in [-0.25, -0.2) is 13.1 Å². The van der Waals surface area contributed by atoms with Crippen molar-refractivity contribution in [1.29, 1.82) is 0 Å². The lowest BCUT2D eigenvalue weighted by Crippen LogP contribution is -2.37. The van der Waals surface area contributed by atoms with Gasteiger partial charge in [0.25, 0.3) is 10.0 Å². The lowest BCUT2D eigenvalue weighted by Gasteiger charge is -2.30. The van der Waals surface area contributed by atoms with Crippen LogP contribution in [0.5, 0.6) is 0 Å². The summed E-state index contributed by atoms with van der Waals surface area (Å²) in [5, 5.41) is 6.30. The molecule has 7 heteroatoms. The third-order valence-electron chi connectivity index (χ3n) is 4.88. The summed E-state index contributed by atoms with van der Waals surface area (Å²) in [6.45, 7) is 3.18. The summed E-state index contributed by atoms with van der Waals surface area (Å²) in [6.07, 6.45) is 5.63. The molecule has 3 aromatic rings. The molecule has 3 heterocycles. The standard InChI is InChI=1S/C19H21N3O2S2/c1-15-4-2-5-18(12-15)22-14-17(13-20-22)16-7-9-21(10-8-16)26(23,24)19-6-3-11-25-19/h2-6,11-14,16H,7-10H2,1H3. The van der Waals surface area contributed by atoms with Crippen LogP contribution < -0.4 is 0 Å². The monoisotopic (exact) mass is 387 g/mol. The van der Waals surface area contributed by atoms with Crippen LogP contribution in [0.15, 0.2) is 58.4 Å². The summed E-state index contributed by atoms with van der Waals surface area (Å²) in [7, 11) is -3.34. The van der Waals surface area contributed by atoms with Gasteiger partial charge in [-0.05, 0) is 60.4 Å². The van der Waals surface area contributed by atoms with E-state index in [9.17, 15) is 8.42 Å². The van der Waals surface area contributed by atoms with Crippen LogP contribution >= 0.6 is 11.3 Å². The van der Waals surface area contributed by atoms with E-state index >= 15 is 0 Å². The van der Waals surface area contributed by atoms with Gasteiger partial charge in [0, 0.05) is 19.3 Å². The van der Waals surface area contributed by atoms with Gasteiger partial charge < -0.3 is 0 Å². The number of sulfonamides is 1. The molecule has 0 amide bonds. The summed E-state index contributed by atoms with van der Waals surface area (Å²) >= 11 is 1.28. The van der Waals surface area contributed by atoms with Gasteiger partial charge in [0.15, 0.2) is 0 Å². The highest BCUT2D eigenvalue weighted by molar-refractivity contribution is 7.91. The summed E-state index contributed by atoms with van der Waals surface area (Å²) in [4.78, 5) is 0. The Labute approximate surface area is 157 Å². The molecule has 136 valence electrons. The fourth-order valence-corrected chi connectivity index (χ4v) is 6.04. The first kappa shape index (κ1) is 17.5. The summed E-state index contributed by atoms with van der Waals surface area (Å²) in [5.74, 6) is 0.350. The van der Waals surface area contributed by atoms with Gasteiger partial charge in [0.2, 0.25) is 0 Å². The molecule has 0 saturated carbocycles. The van der Waals surface area contributed by atoms with Crippen molar-refractivity contribution in [3.63, 3.8) is 0 Å². The van der Waals surface area contributed by atoms with Crippen LogP contribution in [-0.4, -0.2) is 35.6 Å². The molecule has 1 aliphatic heterocycles. The number of piperidine rings is 1. The molecule has 26 heavy (non-hydrogen) atoms. The average molecular weight is 388 g/mol. The van der Waals surface area contributed by atoms with Gasteiger partial charge in [-0.3, -0.25) is 0 Å². The van der Waals surface area contributed by atoms with Crippen molar-refractivity contribution >= 4 is 21.4 Å². The zero-order chi connectivity index (χ0) is 18.1. The highest BCUT2D eigenvalue weighted by atomic mass is 32.2. The first-order valence-electron chi connectivity index (χ1n) is 8.69. The van der Waals surface area contributed by atoms with Crippen LogP contribution in [0, 0.1) is 6.92 Å². The summed E-state index contributed by atoms with van der Waals surface area (Å²) in [5.41, 5.74) is 3.43. The Balaban J connectivity index is 1.46. The lowest BCUT2D eigenvalue weighted by atomic mass is 9.93. The quantitative estimate of drug-likeness (QED) is 0.684. The molecule has 0 spiro atoms. The predicted molar refractivity (Wildman–Crippen MR) is 103 cm³/mol. The second-order valence-corrected chi connectivity index (χ2v) is 9.78. The number of aromatic nitrogens is 2. The molecule has 0 unspecified atom stereocenters. The van der Waals surface area contributed by atoms with E-state index in [2.05, 4.69) is 30.4 Å². The number of hydrogen-bond donors (Lipinski definition) is 0. The van der Waals surface area contributed by atoms with E-state index in [-0.39, 0.29) is 0 Å². The Bertz CT molecular complexity index is 985. The van der Waals surface area contributed by atoms with Crippen LogP contribution in [0.3, 0.4) is 0 Å². The van der Waals surface area contributed by atoms with Crippen molar-refractivity contribution in [1.82, 2.24) is 14.1 Å². The van der Waals surface area contributed by atoms with Crippen molar-refractivity contribution in [2.24, 2.45) is 0 Å². The van der Waals surface area contributed by atoms with Crippen LogP contribution in [-0.2, 0) is 10.0 Å². The van der Waals surface area contributed by atoms with Gasteiger partial charge in [-0.15, -0.1) is 11.3 Å². The first-order chi connectivity index (χ1) is 12.5. The maximum atomic E-state index is 12.6. The largest absolute Gasteiger partial charge is 0.252 e. The van der Waals surface area contributed by atoms with E-state index < -0.39 is 10.0 Å². The number of aryl methyl sites for hydroxylation is 1. The van der Waals surface area contributed by atoms with Gasteiger partial charge in [0.1, 0.15) is 4.21 Å². The molecule has 2 aromatic heterocycles. The lowest BCUT2D eigenvalue weighted by molar-refractivity contribution is 0.320. The molecule has 0 radical (unpaired) electrons. The Morgan fingerprint density at radius 3 is 2.65 bits per heavy atom. The van der Waals surface area contributed by atoms with Gasteiger partial charge >= 0.3 is 0 Å². The smallest absolute Gasteiger partial charge is 0.241 e. The van der Waals surface area contributed by atoms with Crippen LogP contribution in [0.4, 0.5) is 0 Å². The minimum atomic E-state index is -3.34. The Morgan fingerprint density at radius 1 is 1.15 bits per heavy atom. The number of thiophene rings is 1. The van der Waals surface area contributed by atoms with E-state index in [1.165, 1.54) is 22.5 Å². The number of rotatable bonds is 4. The molecule has 1 fully saturated rings. The minimum Gasteiger partial charge on any atom is -0.241 e. The van der Waals surface area contributed by atoms with Crippen LogP contribution in [0.1, 0.15) is 29.9 Å². The zero-order valence-electron chi connectivity index (χ0n) is 14.6. The first-order valence-corrected chi connectivity index (χ1v) is 11.0. The van der Waals surface area contributed by atoms with E-state index in [0.717, 1.165) is 18.5 Å². The normalized spacial score (nSPS) is 16.8. The molecule has 0 bridgehead atoms. The maximum Gasteiger partial charge on any atom is 0.252 e. The number of benzene rings is 1. The molecule has 5 nitrogen and oxygen atoms in total. The Hall–Kier alpha value is -1.96. The topological polar surface area (TPSA) is 55.2 Å². The molecular formula is C19H21N3O2S2. The van der Waals surface area contributed by atoms with Crippen molar-refractivity contribution in [2.75, 3.05) is 13.1 Å². The molecule has 1 aliphatic rings. The van der Waals surface area contributed by atoms with Crippen molar-refractivity contribution in [3.05, 3.63) is 65.3 Å². The molecule has 0 atom stereocenters. The predicted octanol–water partition coefficient (Wildman–Crippen LogP) is 3.81. The third kappa shape index (κ3) is 3.34. The number of hydrogen-bond acceptors (Lipinski definition) is 4. The second kappa shape index (κ2) is 6.98. The molecular weight excluding hydrogens is 366 g/mol. The van der Waals surface area contributed by atoms with Crippen molar-refractivity contribution < 1.29 is 8.42 Å². The number of nitrogens with zero attached hydrogens (tertiary/aromatic N) is 3. The van der Waals surface area contributed by atoms with E-state index in [1.54, 1.807) is 21.8 Å². The maximum absolute atomic E-state index is 12.6. The highest BCUT2D eigenvalue weighted by Crippen LogP contribution is 2.31. The van der Waals surface area contributed by atoms with E-state index in [1.807, 2.05) is 23.0 Å². The fourth-order valence-electron chi connectivity index (χ4n) is 3.43. The Kier molecular flexibility index (Phi) is 4.69. The summed E-state index contributed by atoms with van der Waals surface area (Å²) < 4.78 is 29.2. The van der Waals surface area contributed by atoms with E-state index in [4.69, 9.17) is 0 Å². The van der Waals surface area contributed by atoms with Crippen molar-refractivity contribution in [3.8, 4) is 5.69 Å². The third-order valence-corrected chi connectivity index (χ3v) is 8.16. The Morgan fingerprint density at radius 2 is 1.96 bits per heavy atom. The van der Waals surface area contributed by atoms with Crippen LogP contribution in [0.25, 0.3) is 5.69 Å². The molecule has 0 aliphatic carbocycles. The zero-order valence-corrected chi connectivity index (χ0v) is 16.2. The molecule has 1 saturated heterocycles. The SMILES string of the molecule is Cc1cccc(-n2cc(C3CCN(S(=O)(=O)c4cccs4)CC3)cn2)c1. The molecule has 1 aromatic carbocycles. The highest BCUT2D eigenvalue weighted by Gasteiger charge is 2.30. The molecule has 0 N–H and O–H groups in total. The fraction of sp³-hybridized carbons (Fsp3) is 0.316. The van der Waals surface area contributed by atoms with Gasteiger partial charge in [-0.2, -0.15) is 9.40 Å². The second-order valence-electron chi connectivity index (χ2n) is 6.67. The summed E-state index contributed by atoms with van der Waals surface area (Å²) in [6, 6.07) is 11.7. The van der Waals surface area contributed by atoms with Gasteiger partial charge in [-0.1, -0.05) is 18.2 Å². The van der Waals surface area contributed by atoms with E-state index in [0.29, 0.717) is 23.2 Å². The molecule has 4 rings (SSSR count). The average Bonchev–Trinajstić information content (AvgIpc) is 3.34. The van der Waals surface area contributed by atoms with Crippen molar-refractivity contribution in [2.45, 2.75) is 29.9 Å². The minimum absolute atomic E-state index is 0.350.